The molecule has 3 aromatic carbocycles. The maximum absolute atomic E-state index is 14.1. The van der Waals surface area contributed by atoms with E-state index in [9.17, 15) is 18.4 Å². The van der Waals surface area contributed by atoms with Crippen molar-refractivity contribution in [2.24, 2.45) is 5.92 Å². The standard InChI is InChI=1S/C30H27F2NO4/c31-27-10-5-11-28(32)25(27)14-29(34)18-12-19-15-36-16-20(13-18)33(19)30(35)37-17-26-23-8-3-1-6-21(23)22-7-2-4-9-24(22)26/h1-11,18-20,26H,12-17H2. The number of rotatable bonds is 5. The van der Waals surface area contributed by atoms with Crippen LogP contribution in [0.3, 0.4) is 0 Å². The zero-order valence-electron chi connectivity index (χ0n) is 20.2. The van der Waals surface area contributed by atoms with Gasteiger partial charge in [-0.3, -0.25) is 9.69 Å². The van der Waals surface area contributed by atoms with Gasteiger partial charge < -0.3 is 9.47 Å². The van der Waals surface area contributed by atoms with Crippen LogP contribution in [-0.2, 0) is 20.7 Å². The van der Waals surface area contributed by atoms with E-state index in [1.165, 1.54) is 6.07 Å². The molecule has 0 saturated carbocycles. The molecule has 2 bridgehead atoms. The molecule has 0 N–H and O–H groups in total. The molecule has 2 aliphatic heterocycles. The molecule has 2 atom stereocenters. The fourth-order valence-corrected chi connectivity index (χ4v) is 6.16. The number of halogens is 2. The molecule has 3 aromatic rings. The van der Waals surface area contributed by atoms with E-state index in [1.54, 1.807) is 4.90 Å². The molecule has 0 radical (unpaired) electrons. The zero-order chi connectivity index (χ0) is 25.5. The fourth-order valence-electron chi connectivity index (χ4n) is 6.16. The summed E-state index contributed by atoms with van der Waals surface area (Å²) in [6.45, 7) is 0.829. The average molecular weight is 504 g/mol. The van der Waals surface area contributed by atoms with Crippen molar-refractivity contribution in [1.29, 1.82) is 0 Å². The third-order valence-corrected chi connectivity index (χ3v) is 7.94. The molecule has 2 heterocycles. The van der Waals surface area contributed by atoms with Crippen LogP contribution in [0, 0.1) is 17.6 Å². The van der Waals surface area contributed by atoms with Gasteiger partial charge >= 0.3 is 6.09 Å². The maximum Gasteiger partial charge on any atom is 0.410 e. The van der Waals surface area contributed by atoms with Gasteiger partial charge in [-0.2, -0.15) is 0 Å². The molecule has 37 heavy (non-hydrogen) atoms. The highest BCUT2D eigenvalue weighted by atomic mass is 19.1. The van der Waals surface area contributed by atoms with E-state index >= 15 is 0 Å². The highest BCUT2D eigenvalue weighted by molar-refractivity contribution is 5.84. The number of benzene rings is 3. The lowest BCUT2D eigenvalue weighted by atomic mass is 9.81. The molecule has 190 valence electrons. The van der Waals surface area contributed by atoms with Gasteiger partial charge in [-0.1, -0.05) is 54.6 Å². The fraction of sp³-hybridized carbons (Fsp3) is 0.333. The zero-order valence-corrected chi connectivity index (χ0v) is 20.2. The molecule has 2 fully saturated rings. The summed E-state index contributed by atoms with van der Waals surface area (Å²) in [6, 6.07) is 19.3. The van der Waals surface area contributed by atoms with Crippen molar-refractivity contribution in [3.63, 3.8) is 0 Å². The molecule has 0 aromatic heterocycles. The molecule has 2 unspecified atom stereocenters. The molecule has 1 aliphatic carbocycles. The van der Waals surface area contributed by atoms with Crippen LogP contribution in [-0.4, -0.2) is 48.7 Å². The number of nitrogens with zero attached hydrogens (tertiary/aromatic N) is 1. The first-order chi connectivity index (χ1) is 18.0. The summed E-state index contributed by atoms with van der Waals surface area (Å²) in [5.74, 6) is -2.08. The molecular formula is C30H27F2NO4. The van der Waals surface area contributed by atoms with Crippen molar-refractivity contribution >= 4 is 11.9 Å². The summed E-state index contributed by atoms with van der Waals surface area (Å²) in [7, 11) is 0. The number of ether oxygens (including phenoxy) is 2. The molecule has 0 spiro atoms. The number of carbonyl (C=O) groups is 2. The quantitative estimate of drug-likeness (QED) is 0.461. The van der Waals surface area contributed by atoms with Crippen molar-refractivity contribution in [3.8, 4) is 11.1 Å². The Morgan fingerprint density at radius 1 is 0.838 bits per heavy atom. The van der Waals surface area contributed by atoms with Gasteiger partial charge in [0, 0.05) is 23.8 Å². The third kappa shape index (κ3) is 4.31. The van der Waals surface area contributed by atoms with Gasteiger partial charge in [-0.15, -0.1) is 0 Å². The highest BCUT2D eigenvalue weighted by Gasteiger charge is 2.44. The Balaban J connectivity index is 1.14. The van der Waals surface area contributed by atoms with Crippen LogP contribution >= 0.6 is 0 Å². The van der Waals surface area contributed by atoms with Crippen LogP contribution in [0.25, 0.3) is 11.1 Å². The van der Waals surface area contributed by atoms with E-state index in [2.05, 4.69) is 24.3 Å². The Kier molecular flexibility index (Phi) is 6.24. The summed E-state index contributed by atoms with van der Waals surface area (Å²) in [6.07, 6.45) is 0.0609. The number of hydrogen-bond acceptors (Lipinski definition) is 4. The number of Topliss-reactive ketones (excluding diaryl/α,β-unsaturated/α-hetero) is 1. The average Bonchev–Trinajstić information content (AvgIpc) is 3.22. The molecular weight excluding hydrogens is 476 g/mol. The second-order valence-electron chi connectivity index (χ2n) is 10.1. The molecule has 3 aliphatic rings. The minimum atomic E-state index is -0.715. The lowest BCUT2D eigenvalue weighted by Crippen LogP contribution is -2.60. The molecule has 5 nitrogen and oxygen atoms in total. The SMILES string of the molecule is O=C(Cc1c(F)cccc1F)C1CC2COCC(C1)N2C(=O)OCC1c2ccccc2-c2ccccc21. The number of fused-ring (bicyclic) bond motifs is 5. The van der Waals surface area contributed by atoms with Crippen LogP contribution < -0.4 is 0 Å². The highest BCUT2D eigenvalue weighted by Crippen LogP contribution is 2.44. The minimum absolute atomic E-state index is 0.0396. The Bertz CT molecular complexity index is 1280. The minimum Gasteiger partial charge on any atom is -0.448 e. The summed E-state index contributed by atoms with van der Waals surface area (Å²) in [5.41, 5.74) is 4.41. The summed E-state index contributed by atoms with van der Waals surface area (Å²) in [4.78, 5) is 28.0. The first-order valence-electron chi connectivity index (χ1n) is 12.7. The normalized spacial score (nSPS) is 22.3. The van der Waals surface area contributed by atoms with E-state index in [4.69, 9.17) is 9.47 Å². The van der Waals surface area contributed by atoms with E-state index in [0.717, 1.165) is 34.4 Å². The molecule has 2 saturated heterocycles. The third-order valence-electron chi connectivity index (χ3n) is 7.94. The summed E-state index contributed by atoms with van der Waals surface area (Å²) >= 11 is 0. The van der Waals surface area contributed by atoms with E-state index in [0.29, 0.717) is 26.1 Å². The smallest absolute Gasteiger partial charge is 0.410 e. The van der Waals surface area contributed by atoms with Crippen molar-refractivity contribution in [2.75, 3.05) is 19.8 Å². The van der Waals surface area contributed by atoms with Gasteiger partial charge in [-0.25, -0.2) is 13.6 Å². The number of morpholine rings is 1. The van der Waals surface area contributed by atoms with E-state index < -0.39 is 23.6 Å². The molecule has 6 rings (SSSR count). The van der Waals surface area contributed by atoms with Crippen LogP contribution in [0.1, 0.15) is 35.4 Å². The summed E-state index contributed by atoms with van der Waals surface area (Å²) < 4.78 is 39.8. The van der Waals surface area contributed by atoms with Crippen LogP contribution in [0.2, 0.25) is 0 Å². The van der Waals surface area contributed by atoms with Crippen LogP contribution in [0.5, 0.6) is 0 Å². The van der Waals surface area contributed by atoms with E-state index in [-0.39, 0.29) is 42.4 Å². The second kappa shape index (κ2) is 9.71. The first-order valence-corrected chi connectivity index (χ1v) is 12.7. The summed E-state index contributed by atoms with van der Waals surface area (Å²) in [5, 5.41) is 0. The number of amides is 1. The van der Waals surface area contributed by atoms with Crippen LogP contribution in [0.15, 0.2) is 66.7 Å². The Labute approximate surface area is 214 Å². The number of piperidine rings is 1. The molecule has 1 amide bonds. The Morgan fingerprint density at radius 3 is 2.00 bits per heavy atom. The van der Waals surface area contributed by atoms with Crippen molar-refractivity contribution in [1.82, 2.24) is 4.90 Å². The lowest BCUT2D eigenvalue weighted by molar-refractivity contribution is -0.130. The molecule has 7 heteroatoms. The second-order valence-corrected chi connectivity index (χ2v) is 10.1. The topological polar surface area (TPSA) is 55.8 Å². The van der Waals surface area contributed by atoms with Crippen molar-refractivity contribution < 1.29 is 27.8 Å². The predicted molar refractivity (Wildman–Crippen MR) is 133 cm³/mol. The van der Waals surface area contributed by atoms with Gasteiger partial charge in [0.1, 0.15) is 24.0 Å². The number of carbonyl (C=O) groups excluding carboxylic acids is 2. The van der Waals surface area contributed by atoms with Crippen LogP contribution in [0.4, 0.5) is 13.6 Å². The lowest BCUT2D eigenvalue weighted by Gasteiger charge is -2.47. The monoisotopic (exact) mass is 503 g/mol. The number of hydrogen-bond donors (Lipinski definition) is 0. The first kappa shape index (κ1) is 23.8. The Hall–Kier alpha value is -3.58. The number of ketones is 1. The maximum atomic E-state index is 14.1. The predicted octanol–water partition coefficient (Wildman–Crippen LogP) is 5.50. The van der Waals surface area contributed by atoms with Gasteiger partial charge in [0.15, 0.2) is 0 Å². The van der Waals surface area contributed by atoms with Gasteiger partial charge in [0.25, 0.3) is 0 Å². The Morgan fingerprint density at radius 2 is 1.41 bits per heavy atom. The van der Waals surface area contributed by atoms with Gasteiger partial charge in [0.05, 0.1) is 25.3 Å². The van der Waals surface area contributed by atoms with Gasteiger partial charge in [0.2, 0.25) is 0 Å². The largest absolute Gasteiger partial charge is 0.448 e. The van der Waals surface area contributed by atoms with E-state index in [1.807, 2.05) is 24.3 Å². The van der Waals surface area contributed by atoms with Gasteiger partial charge in [-0.05, 0) is 47.2 Å². The van der Waals surface area contributed by atoms with Crippen molar-refractivity contribution in [2.45, 2.75) is 37.3 Å². The van der Waals surface area contributed by atoms with Crippen molar-refractivity contribution in [3.05, 3.63) is 95.1 Å².